The van der Waals surface area contributed by atoms with Crippen LogP contribution in [0.4, 0.5) is 30.9 Å². The topological polar surface area (TPSA) is 92.9 Å². The first kappa shape index (κ1) is 22.0. The maximum atomic E-state index is 12.9. The fourth-order valence-corrected chi connectivity index (χ4v) is 4.15. The molecule has 0 bridgehead atoms. The van der Waals surface area contributed by atoms with Gasteiger partial charge in [-0.05, 0) is 49.2 Å². The molecule has 3 aromatic rings. The normalized spacial score (nSPS) is 21.0. The number of hydrogen-bond acceptors (Lipinski definition) is 6. The van der Waals surface area contributed by atoms with Gasteiger partial charge in [0.1, 0.15) is 16.1 Å². The van der Waals surface area contributed by atoms with E-state index in [9.17, 15) is 24.2 Å². The molecule has 0 radical (unpaired) electrons. The van der Waals surface area contributed by atoms with Gasteiger partial charge in [0.05, 0.1) is 5.56 Å². The number of carbonyl (C=O) groups is 1. The van der Waals surface area contributed by atoms with Crippen molar-refractivity contribution in [2.75, 3.05) is 11.9 Å². The first-order valence-corrected chi connectivity index (χ1v) is 11.5. The number of nitrogens with one attached hydrogen (secondary N) is 2. The van der Waals surface area contributed by atoms with Crippen LogP contribution in [0.1, 0.15) is 25.7 Å². The predicted octanol–water partition coefficient (Wildman–Crippen LogP) is 5.70. The van der Waals surface area contributed by atoms with E-state index in [1.165, 1.54) is 6.20 Å². The highest BCUT2D eigenvalue weighted by atomic mass is 32.5. The summed E-state index contributed by atoms with van der Waals surface area (Å²) in [7, 11) is -9.76. The van der Waals surface area contributed by atoms with E-state index in [2.05, 4.69) is 25.8 Å². The Kier molecular flexibility index (Phi) is 4.56. The Hall–Kier alpha value is -3.22. The van der Waals surface area contributed by atoms with E-state index >= 15 is 0 Å². The molecule has 172 valence electrons. The summed E-state index contributed by atoms with van der Waals surface area (Å²) < 4.78 is 70.4. The second kappa shape index (κ2) is 6.64. The molecule has 1 amide bonds. The molecular weight excluding hydrogens is 457 g/mol. The quantitative estimate of drug-likeness (QED) is 0.445. The zero-order valence-corrected chi connectivity index (χ0v) is 17.4. The van der Waals surface area contributed by atoms with E-state index in [1.54, 1.807) is 12.1 Å². The van der Waals surface area contributed by atoms with Crippen LogP contribution in [-0.4, -0.2) is 27.6 Å². The van der Waals surface area contributed by atoms with Gasteiger partial charge in [0.2, 0.25) is 11.8 Å². The molecule has 1 aromatic carbocycles. The molecule has 1 saturated heterocycles. The van der Waals surface area contributed by atoms with Gasteiger partial charge in [-0.1, -0.05) is 26.4 Å². The number of pyridine rings is 1. The average Bonchev–Trinajstić information content (AvgIpc) is 3.34. The van der Waals surface area contributed by atoms with Crippen molar-refractivity contribution >= 4 is 27.6 Å². The van der Waals surface area contributed by atoms with Crippen LogP contribution < -0.4 is 10.6 Å². The number of hydrogen-bond donors (Lipinski definition) is 2. The molecule has 2 N–H and O–H groups in total. The smallest absolute Gasteiger partial charge is 0.310 e. The molecule has 2 aromatic heterocycles. The third-order valence-electron chi connectivity index (χ3n) is 5.31. The number of nitrogens with zero attached hydrogens (tertiary/aromatic N) is 3. The molecule has 1 aliphatic rings. The lowest BCUT2D eigenvalue weighted by Crippen LogP contribution is -2.35. The highest BCUT2D eigenvalue weighted by Crippen LogP contribution is 3.02. The van der Waals surface area contributed by atoms with Crippen LogP contribution in [0.5, 0.6) is 0 Å². The van der Waals surface area contributed by atoms with Gasteiger partial charge in [-0.2, -0.15) is 0 Å². The lowest BCUT2D eigenvalue weighted by atomic mass is 9.83. The largest absolute Gasteiger partial charge is 0.419 e. The highest BCUT2D eigenvalue weighted by molar-refractivity contribution is 8.45. The third-order valence-corrected chi connectivity index (χ3v) is 6.47. The van der Waals surface area contributed by atoms with E-state index in [0.717, 1.165) is 12.1 Å². The number of anilines is 2. The molecular formula is C19H18F5N5O2S. The summed E-state index contributed by atoms with van der Waals surface area (Å²) in [6.07, 6.45) is 2.38. The van der Waals surface area contributed by atoms with E-state index in [1.807, 2.05) is 6.92 Å². The maximum absolute atomic E-state index is 12.9. The first-order valence-electron chi connectivity index (χ1n) is 9.51. The van der Waals surface area contributed by atoms with Crippen molar-refractivity contribution in [1.82, 2.24) is 20.5 Å². The van der Waals surface area contributed by atoms with Crippen LogP contribution in [0.25, 0.3) is 11.5 Å². The number of aromatic nitrogens is 3. The molecule has 1 fully saturated rings. The zero-order valence-electron chi connectivity index (χ0n) is 16.6. The Bertz CT molecular complexity index is 1180. The Morgan fingerprint density at radius 1 is 1.12 bits per heavy atom. The second-order valence-corrected chi connectivity index (χ2v) is 9.78. The fourth-order valence-electron chi connectivity index (χ4n) is 3.50. The number of amides is 1. The van der Waals surface area contributed by atoms with Crippen LogP contribution in [-0.2, 0) is 10.2 Å². The molecule has 7 nitrogen and oxygen atoms in total. The summed E-state index contributed by atoms with van der Waals surface area (Å²) >= 11 is 0. The van der Waals surface area contributed by atoms with Gasteiger partial charge in [0, 0.05) is 18.4 Å². The first-order chi connectivity index (χ1) is 14.8. The highest BCUT2D eigenvalue weighted by Gasteiger charge is 2.65. The second-order valence-electron chi connectivity index (χ2n) is 7.37. The number of carbonyl (C=O) groups excluding carboxylic acids is 1. The number of halogens is 5. The minimum Gasteiger partial charge on any atom is -0.419 e. The van der Waals surface area contributed by atoms with Crippen molar-refractivity contribution in [2.45, 2.75) is 30.1 Å². The molecule has 0 aliphatic carbocycles. The molecule has 0 spiro atoms. The van der Waals surface area contributed by atoms with E-state index in [-0.39, 0.29) is 29.2 Å². The lowest BCUT2D eigenvalue weighted by Gasteiger charge is -2.40. The predicted molar refractivity (Wildman–Crippen MR) is 108 cm³/mol. The Morgan fingerprint density at radius 2 is 1.84 bits per heavy atom. The average molecular weight is 475 g/mol. The summed E-state index contributed by atoms with van der Waals surface area (Å²) in [6.45, 7) is 2.32. The zero-order chi connectivity index (χ0) is 23.3. The van der Waals surface area contributed by atoms with Crippen molar-refractivity contribution in [3.63, 3.8) is 0 Å². The van der Waals surface area contributed by atoms with Crippen LogP contribution in [0, 0.1) is 0 Å². The monoisotopic (exact) mass is 475 g/mol. The summed E-state index contributed by atoms with van der Waals surface area (Å²) in [4.78, 5) is 14.5. The van der Waals surface area contributed by atoms with Crippen molar-refractivity contribution < 1.29 is 28.6 Å². The summed E-state index contributed by atoms with van der Waals surface area (Å²) in [6, 6.07) is 5.53. The number of benzene rings is 1. The molecule has 13 heteroatoms. The summed E-state index contributed by atoms with van der Waals surface area (Å²) in [5, 5.41) is 13.6. The minimum atomic E-state index is -9.76. The molecule has 3 heterocycles. The molecule has 1 aliphatic heterocycles. The van der Waals surface area contributed by atoms with E-state index in [4.69, 9.17) is 4.42 Å². The minimum absolute atomic E-state index is 0.0479. The summed E-state index contributed by atoms with van der Waals surface area (Å²) in [5.74, 6) is 0.153. The standard InChI is InChI=1S/C19H18F5N5O2S/c1-2-19(9-11-26-17(19)30)18-29-28-16(31-18)14-4-3-10-25-15(14)27-12-5-7-13(8-6-12)32(20,21,22,23)24/h3-8,10H,2,9,11H2,1H3,(H,25,27)(H,26,30)/t19-/m1/s1. The SMILES string of the molecule is CC[C@@]1(c2nnc(-c3cccnc3Nc3ccc(S(F)(F)(F)(F)F)cc3)o2)CCNC1=O. The van der Waals surface area contributed by atoms with Gasteiger partial charge in [-0.15, -0.1) is 10.2 Å². The molecule has 32 heavy (non-hydrogen) atoms. The van der Waals surface area contributed by atoms with Crippen molar-refractivity contribution in [1.29, 1.82) is 0 Å². The van der Waals surface area contributed by atoms with Crippen molar-refractivity contribution in [3.8, 4) is 11.5 Å². The van der Waals surface area contributed by atoms with Crippen LogP contribution in [0.15, 0.2) is 51.9 Å². The summed E-state index contributed by atoms with van der Waals surface area (Å²) in [5.41, 5.74) is -0.509. The van der Waals surface area contributed by atoms with Gasteiger partial charge in [-0.3, -0.25) is 4.79 Å². The molecule has 4 rings (SSSR count). The van der Waals surface area contributed by atoms with Gasteiger partial charge < -0.3 is 15.1 Å². The van der Waals surface area contributed by atoms with Gasteiger partial charge in [0.15, 0.2) is 0 Å². The van der Waals surface area contributed by atoms with Gasteiger partial charge in [0.25, 0.3) is 5.89 Å². The maximum Gasteiger partial charge on any atom is 0.310 e. The number of rotatable bonds is 6. The van der Waals surface area contributed by atoms with E-state index < -0.39 is 20.5 Å². The molecule has 0 saturated carbocycles. The Labute approximate surface area is 179 Å². The molecule has 1 atom stereocenters. The van der Waals surface area contributed by atoms with Crippen molar-refractivity contribution in [3.05, 3.63) is 48.5 Å². The van der Waals surface area contributed by atoms with Crippen LogP contribution in [0.2, 0.25) is 0 Å². The van der Waals surface area contributed by atoms with Crippen LogP contribution >= 0.6 is 10.2 Å². The van der Waals surface area contributed by atoms with E-state index in [0.29, 0.717) is 37.1 Å². The fraction of sp³-hybridized carbons (Fsp3) is 0.263. The Morgan fingerprint density at radius 3 is 2.44 bits per heavy atom. The van der Waals surface area contributed by atoms with Crippen LogP contribution in [0.3, 0.4) is 0 Å². The van der Waals surface area contributed by atoms with Crippen molar-refractivity contribution in [2.24, 2.45) is 0 Å². The Balaban J connectivity index is 1.64. The van der Waals surface area contributed by atoms with Gasteiger partial charge >= 0.3 is 10.2 Å². The van der Waals surface area contributed by atoms with Gasteiger partial charge in [-0.25, -0.2) is 4.98 Å². The molecule has 0 unspecified atom stereocenters. The lowest BCUT2D eigenvalue weighted by molar-refractivity contribution is -0.124. The third kappa shape index (κ3) is 3.99.